The first-order valence-electron chi connectivity index (χ1n) is 5.71. The van der Waals surface area contributed by atoms with E-state index in [0.29, 0.717) is 0 Å². The van der Waals surface area contributed by atoms with Gasteiger partial charge in [0.15, 0.2) is 11.5 Å². The molecule has 1 heterocycles. The zero-order valence-electron chi connectivity index (χ0n) is 11.0. The fourth-order valence-corrected chi connectivity index (χ4v) is 2.70. The minimum absolute atomic E-state index is 0.0119. The standard InChI is InChI=1S/C12H10ClNO6S/c1-5-9(6(2)15)12(16)10-8(20-21(17,18)19)4-3-7(13)11(10)14-5/h3-4,9H,1-2H3,(H,17,18,19). The normalized spacial score (nSPS) is 18.0. The molecule has 1 aliphatic rings. The Morgan fingerprint density at radius 3 is 2.57 bits per heavy atom. The lowest BCUT2D eigenvalue weighted by Crippen LogP contribution is -2.32. The number of ketones is 2. The molecule has 1 N–H and O–H groups in total. The maximum Gasteiger partial charge on any atom is 0.446 e. The molecular formula is C12H10ClNO6S. The lowest BCUT2D eigenvalue weighted by Gasteiger charge is -2.21. The number of hydrogen-bond donors (Lipinski definition) is 1. The SMILES string of the molecule is CC(=O)C1C(=O)c2c(OS(=O)(=O)O)ccc(Cl)c2N=C1C. The molecule has 0 radical (unpaired) electrons. The van der Waals surface area contributed by atoms with Crippen molar-refractivity contribution >= 4 is 45.0 Å². The minimum atomic E-state index is -4.83. The highest BCUT2D eigenvalue weighted by Gasteiger charge is 2.36. The zero-order chi connectivity index (χ0) is 15.9. The predicted octanol–water partition coefficient (Wildman–Crippen LogP) is 2.02. The van der Waals surface area contributed by atoms with Crippen molar-refractivity contribution in [2.24, 2.45) is 10.9 Å². The fourth-order valence-electron chi connectivity index (χ4n) is 2.13. The van der Waals surface area contributed by atoms with Gasteiger partial charge in [-0.15, -0.1) is 0 Å². The maximum atomic E-state index is 12.4. The molecule has 0 fully saturated rings. The Hall–Kier alpha value is -1.77. The van der Waals surface area contributed by atoms with E-state index in [1.54, 1.807) is 0 Å². The van der Waals surface area contributed by atoms with Gasteiger partial charge < -0.3 is 4.18 Å². The Labute approximate surface area is 125 Å². The van der Waals surface area contributed by atoms with Crippen molar-refractivity contribution in [3.8, 4) is 5.75 Å². The number of halogens is 1. The zero-order valence-corrected chi connectivity index (χ0v) is 12.5. The third-order valence-electron chi connectivity index (χ3n) is 2.91. The van der Waals surface area contributed by atoms with Crippen LogP contribution in [0.3, 0.4) is 0 Å². The third kappa shape index (κ3) is 2.97. The van der Waals surface area contributed by atoms with E-state index in [-0.39, 0.29) is 22.0 Å². The molecular weight excluding hydrogens is 322 g/mol. The lowest BCUT2D eigenvalue weighted by molar-refractivity contribution is -0.117. The van der Waals surface area contributed by atoms with Crippen molar-refractivity contribution < 1.29 is 26.7 Å². The van der Waals surface area contributed by atoms with Crippen LogP contribution in [0.1, 0.15) is 24.2 Å². The molecule has 1 aromatic carbocycles. The van der Waals surface area contributed by atoms with Crippen molar-refractivity contribution in [3.05, 3.63) is 22.7 Å². The molecule has 7 nitrogen and oxygen atoms in total. The predicted molar refractivity (Wildman–Crippen MR) is 74.9 cm³/mol. The monoisotopic (exact) mass is 331 g/mol. The first-order chi connectivity index (χ1) is 9.61. The Kier molecular flexibility index (Phi) is 3.87. The summed E-state index contributed by atoms with van der Waals surface area (Å²) in [4.78, 5) is 28.1. The number of aliphatic imine (C=N–C) groups is 1. The van der Waals surface area contributed by atoms with E-state index >= 15 is 0 Å². The smallest absolute Gasteiger partial charge is 0.361 e. The van der Waals surface area contributed by atoms with E-state index in [1.807, 2.05) is 0 Å². The number of rotatable bonds is 3. The third-order valence-corrected chi connectivity index (χ3v) is 3.60. The van der Waals surface area contributed by atoms with Crippen LogP contribution in [0.15, 0.2) is 17.1 Å². The van der Waals surface area contributed by atoms with Gasteiger partial charge in [0.05, 0.1) is 16.3 Å². The average Bonchev–Trinajstić information content (AvgIpc) is 2.30. The second-order valence-electron chi connectivity index (χ2n) is 4.44. The van der Waals surface area contributed by atoms with Gasteiger partial charge in [-0.05, 0) is 26.0 Å². The molecule has 1 atom stereocenters. The molecule has 0 saturated carbocycles. The molecule has 1 aliphatic heterocycles. The number of carbonyl (C=O) groups is 2. The van der Waals surface area contributed by atoms with E-state index in [4.69, 9.17) is 16.2 Å². The van der Waals surface area contributed by atoms with Crippen molar-refractivity contribution in [1.29, 1.82) is 0 Å². The van der Waals surface area contributed by atoms with Crippen molar-refractivity contribution in [2.75, 3.05) is 0 Å². The lowest BCUT2D eigenvalue weighted by atomic mass is 9.87. The molecule has 112 valence electrons. The summed E-state index contributed by atoms with van der Waals surface area (Å²) in [7, 11) is -4.83. The highest BCUT2D eigenvalue weighted by Crippen LogP contribution is 2.41. The molecule has 1 unspecified atom stereocenters. The molecule has 0 spiro atoms. The van der Waals surface area contributed by atoms with Gasteiger partial charge in [-0.25, -0.2) is 0 Å². The molecule has 1 aromatic rings. The van der Waals surface area contributed by atoms with Crippen LogP contribution in [0.25, 0.3) is 0 Å². The van der Waals surface area contributed by atoms with Crippen LogP contribution in [-0.2, 0) is 15.2 Å². The van der Waals surface area contributed by atoms with E-state index in [1.165, 1.54) is 19.9 Å². The summed E-state index contributed by atoms with van der Waals surface area (Å²) in [5.41, 5.74) is 0.0228. The largest absolute Gasteiger partial charge is 0.446 e. The number of hydrogen-bond acceptors (Lipinski definition) is 6. The van der Waals surface area contributed by atoms with Gasteiger partial charge in [-0.2, -0.15) is 8.42 Å². The summed E-state index contributed by atoms with van der Waals surface area (Å²) < 4.78 is 34.8. The van der Waals surface area contributed by atoms with Crippen LogP contribution in [0.2, 0.25) is 5.02 Å². The molecule has 2 rings (SSSR count). The van der Waals surface area contributed by atoms with Crippen LogP contribution in [0.5, 0.6) is 5.75 Å². The topological polar surface area (TPSA) is 110 Å². The van der Waals surface area contributed by atoms with Gasteiger partial charge in [-0.3, -0.25) is 19.1 Å². The summed E-state index contributed by atoms with van der Waals surface area (Å²) in [5, 5.41) is 0.0994. The van der Waals surface area contributed by atoms with Gasteiger partial charge in [-0.1, -0.05) is 11.6 Å². The van der Waals surface area contributed by atoms with Crippen LogP contribution in [0, 0.1) is 5.92 Å². The second kappa shape index (κ2) is 5.21. The molecule has 9 heteroatoms. The Balaban J connectivity index is 2.71. The fraction of sp³-hybridized carbons (Fsp3) is 0.250. The number of Topliss-reactive ketones (excluding diaryl/α,β-unsaturated/α-hetero) is 2. The van der Waals surface area contributed by atoms with Gasteiger partial charge in [0.2, 0.25) is 0 Å². The van der Waals surface area contributed by atoms with Gasteiger partial charge in [0.1, 0.15) is 11.7 Å². The van der Waals surface area contributed by atoms with Crippen LogP contribution in [-0.4, -0.2) is 30.2 Å². The van der Waals surface area contributed by atoms with Gasteiger partial charge in [0, 0.05) is 5.71 Å². The van der Waals surface area contributed by atoms with Crippen LogP contribution >= 0.6 is 11.6 Å². The maximum absolute atomic E-state index is 12.4. The number of benzene rings is 1. The summed E-state index contributed by atoms with van der Waals surface area (Å²) in [5.74, 6) is -2.67. The van der Waals surface area contributed by atoms with E-state index in [9.17, 15) is 18.0 Å². The molecule has 0 bridgehead atoms. The summed E-state index contributed by atoms with van der Waals surface area (Å²) in [6.07, 6.45) is 0. The Morgan fingerprint density at radius 1 is 1.43 bits per heavy atom. The Bertz CT molecular complexity index is 783. The van der Waals surface area contributed by atoms with E-state index in [0.717, 1.165) is 6.07 Å². The average molecular weight is 332 g/mol. The van der Waals surface area contributed by atoms with Crippen molar-refractivity contribution in [3.63, 3.8) is 0 Å². The second-order valence-corrected chi connectivity index (χ2v) is 5.87. The summed E-state index contributed by atoms with van der Waals surface area (Å²) in [6, 6.07) is 2.39. The molecule has 0 aromatic heterocycles. The minimum Gasteiger partial charge on any atom is -0.361 e. The van der Waals surface area contributed by atoms with Crippen molar-refractivity contribution in [1.82, 2.24) is 0 Å². The number of nitrogens with zero attached hydrogens (tertiary/aromatic N) is 1. The van der Waals surface area contributed by atoms with Gasteiger partial charge in [0.25, 0.3) is 0 Å². The van der Waals surface area contributed by atoms with Crippen molar-refractivity contribution in [2.45, 2.75) is 13.8 Å². The molecule has 21 heavy (non-hydrogen) atoms. The number of carbonyl (C=O) groups excluding carboxylic acids is 2. The first kappa shape index (κ1) is 15.6. The first-order valence-corrected chi connectivity index (χ1v) is 7.45. The highest BCUT2D eigenvalue weighted by molar-refractivity contribution is 7.81. The number of fused-ring (bicyclic) bond motifs is 1. The molecule has 0 amide bonds. The summed E-state index contributed by atoms with van der Waals surface area (Å²) in [6.45, 7) is 2.72. The molecule has 0 saturated heterocycles. The highest BCUT2D eigenvalue weighted by atomic mass is 35.5. The van der Waals surface area contributed by atoms with E-state index in [2.05, 4.69) is 9.18 Å². The Morgan fingerprint density at radius 2 is 2.05 bits per heavy atom. The van der Waals surface area contributed by atoms with E-state index < -0.39 is 33.6 Å². The quantitative estimate of drug-likeness (QED) is 0.670. The van der Waals surface area contributed by atoms with Gasteiger partial charge >= 0.3 is 10.4 Å². The molecule has 0 aliphatic carbocycles. The summed E-state index contributed by atoms with van der Waals surface area (Å²) >= 11 is 5.93. The van der Waals surface area contributed by atoms with Crippen LogP contribution < -0.4 is 4.18 Å². The van der Waals surface area contributed by atoms with Crippen LogP contribution in [0.4, 0.5) is 5.69 Å².